The van der Waals surface area contributed by atoms with Crippen LogP contribution in [0.4, 0.5) is 5.69 Å². The van der Waals surface area contributed by atoms with Gasteiger partial charge in [-0.1, -0.05) is 54.6 Å². The number of piperazine rings is 1. The minimum atomic E-state index is 0.116. The molecule has 1 N–H and O–H groups in total. The summed E-state index contributed by atoms with van der Waals surface area (Å²) in [7, 11) is 0. The SMILES string of the molecule is Cc1cccc(NC(=O)CCCCN2CCN(CC=Cc3ccccc3)CC2)c1. The summed E-state index contributed by atoms with van der Waals surface area (Å²) in [6, 6.07) is 18.4. The van der Waals surface area contributed by atoms with E-state index in [2.05, 4.69) is 51.5 Å². The van der Waals surface area contributed by atoms with E-state index in [-0.39, 0.29) is 5.91 Å². The van der Waals surface area contributed by atoms with Gasteiger partial charge in [0.15, 0.2) is 0 Å². The standard InChI is InChI=1S/C25H33N3O/c1-22-9-7-13-24(21-22)26-25(29)14-5-6-15-27-17-19-28(20-18-27)16-8-12-23-10-3-2-4-11-23/h2-4,7-13,21H,5-6,14-20H2,1H3,(H,26,29). The Kier molecular flexibility index (Phi) is 8.47. The van der Waals surface area contributed by atoms with Crippen LogP contribution >= 0.6 is 0 Å². The Labute approximate surface area is 175 Å². The van der Waals surface area contributed by atoms with Crippen LogP contribution in [0.3, 0.4) is 0 Å². The Bertz CT molecular complexity index is 780. The predicted octanol–water partition coefficient (Wildman–Crippen LogP) is 4.43. The predicted molar refractivity (Wildman–Crippen MR) is 122 cm³/mol. The van der Waals surface area contributed by atoms with E-state index in [0.29, 0.717) is 6.42 Å². The molecule has 0 spiro atoms. The molecule has 3 rings (SSSR count). The third kappa shape index (κ3) is 7.84. The van der Waals surface area contributed by atoms with Gasteiger partial charge in [-0.3, -0.25) is 9.69 Å². The van der Waals surface area contributed by atoms with Crippen molar-refractivity contribution in [3.63, 3.8) is 0 Å². The lowest BCUT2D eigenvalue weighted by molar-refractivity contribution is -0.116. The fourth-order valence-corrected chi connectivity index (χ4v) is 3.66. The Morgan fingerprint density at radius 3 is 2.48 bits per heavy atom. The van der Waals surface area contributed by atoms with Gasteiger partial charge in [-0.15, -0.1) is 0 Å². The topological polar surface area (TPSA) is 35.6 Å². The van der Waals surface area contributed by atoms with Gasteiger partial charge in [0, 0.05) is 44.8 Å². The summed E-state index contributed by atoms with van der Waals surface area (Å²) in [4.78, 5) is 17.1. The van der Waals surface area contributed by atoms with Crippen molar-refractivity contribution in [3.8, 4) is 0 Å². The van der Waals surface area contributed by atoms with Crippen LogP contribution in [-0.4, -0.2) is 55.0 Å². The molecule has 4 nitrogen and oxygen atoms in total. The number of hydrogen-bond acceptors (Lipinski definition) is 3. The number of carbonyl (C=O) groups excluding carboxylic acids is 1. The molecule has 1 heterocycles. The van der Waals surface area contributed by atoms with Gasteiger partial charge in [-0.05, 0) is 49.6 Å². The van der Waals surface area contributed by atoms with Gasteiger partial charge in [0.1, 0.15) is 0 Å². The third-order valence-corrected chi connectivity index (χ3v) is 5.37. The quantitative estimate of drug-likeness (QED) is 0.642. The first-order valence-corrected chi connectivity index (χ1v) is 10.7. The number of nitrogens with one attached hydrogen (secondary N) is 1. The van der Waals surface area contributed by atoms with E-state index in [0.717, 1.165) is 63.4 Å². The summed E-state index contributed by atoms with van der Waals surface area (Å²) < 4.78 is 0. The molecule has 1 saturated heterocycles. The fourth-order valence-electron chi connectivity index (χ4n) is 3.66. The van der Waals surface area contributed by atoms with Gasteiger partial charge in [0.05, 0.1) is 0 Å². The maximum Gasteiger partial charge on any atom is 0.224 e. The van der Waals surface area contributed by atoms with Crippen molar-refractivity contribution in [3.05, 3.63) is 71.8 Å². The number of aryl methyl sites for hydroxylation is 1. The van der Waals surface area contributed by atoms with Gasteiger partial charge >= 0.3 is 0 Å². The van der Waals surface area contributed by atoms with Crippen LogP contribution in [0.15, 0.2) is 60.7 Å². The van der Waals surface area contributed by atoms with Gasteiger partial charge in [-0.25, -0.2) is 0 Å². The molecule has 1 amide bonds. The second-order valence-electron chi connectivity index (χ2n) is 7.83. The maximum atomic E-state index is 12.1. The van der Waals surface area contributed by atoms with Crippen molar-refractivity contribution in [1.82, 2.24) is 9.80 Å². The lowest BCUT2D eigenvalue weighted by Gasteiger charge is -2.34. The Morgan fingerprint density at radius 1 is 0.966 bits per heavy atom. The maximum absolute atomic E-state index is 12.1. The number of unbranched alkanes of at least 4 members (excludes halogenated alkanes) is 1. The van der Waals surface area contributed by atoms with Crippen LogP contribution in [0.1, 0.15) is 30.4 Å². The molecule has 2 aromatic rings. The second-order valence-corrected chi connectivity index (χ2v) is 7.83. The largest absolute Gasteiger partial charge is 0.326 e. The number of nitrogens with zero attached hydrogens (tertiary/aromatic N) is 2. The smallest absolute Gasteiger partial charge is 0.224 e. The molecule has 154 valence electrons. The molecule has 0 bridgehead atoms. The monoisotopic (exact) mass is 391 g/mol. The Balaban J connectivity index is 1.25. The highest BCUT2D eigenvalue weighted by Gasteiger charge is 2.15. The van der Waals surface area contributed by atoms with E-state index in [1.807, 2.05) is 37.3 Å². The first-order chi connectivity index (χ1) is 14.2. The number of anilines is 1. The average molecular weight is 392 g/mol. The van der Waals surface area contributed by atoms with Crippen molar-refractivity contribution < 1.29 is 4.79 Å². The van der Waals surface area contributed by atoms with Crippen LogP contribution in [-0.2, 0) is 4.79 Å². The molecule has 0 aliphatic carbocycles. The number of carbonyl (C=O) groups is 1. The molecule has 1 aliphatic heterocycles. The van der Waals surface area contributed by atoms with Crippen LogP contribution in [0.5, 0.6) is 0 Å². The van der Waals surface area contributed by atoms with Crippen molar-refractivity contribution in [2.24, 2.45) is 0 Å². The van der Waals surface area contributed by atoms with E-state index in [1.54, 1.807) is 0 Å². The van der Waals surface area contributed by atoms with Crippen LogP contribution in [0.2, 0.25) is 0 Å². The van der Waals surface area contributed by atoms with Crippen molar-refractivity contribution >= 4 is 17.7 Å². The molecule has 2 aromatic carbocycles. The molecule has 4 heteroatoms. The summed E-state index contributed by atoms with van der Waals surface area (Å²) in [6.07, 6.45) is 7.08. The zero-order valence-corrected chi connectivity index (χ0v) is 17.5. The van der Waals surface area contributed by atoms with E-state index in [4.69, 9.17) is 0 Å². The number of amides is 1. The molecule has 0 aromatic heterocycles. The normalized spacial score (nSPS) is 15.6. The molecular weight excluding hydrogens is 358 g/mol. The first kappa shape index (κ1) is 21.3. The summed E-state index contributed by atoms with van der Waals surface area (Å²) in [6.45, 7) is 8.62. The van der Waals surface area contributed by atoms with Gasteiger partial charge in [0.25, 0.3) is 0 Å². The van der Waals surface area contributed by atoms with Crippen molar-refractivity contribution in [1.29, 1.82) is 0 Å². The van der Waals surface area contributed by atoms with Gasteiger partial charge < -0.3 is 10.2 Å². The van der Waals surface area contributed by atoms with Crippen LogP contribution < -0.4 is 5.32 Å². The summed E-state index contributed by atoms with van der Waals surface area (Å²) >= 11 is 0. The molecule has 0 saturated carbocycles. The number of hydrogen-bond donors (Lipinski definition) is 1. The lowest BCUT2D eigenvalue weighted by atomic mass is 10.2. The zero-order chi connectivity index (χ0) is 20.3. The molecular formula is C25H33N3O. The highest BCUT2D eigenvalue weighted by atomic mass is 16.1. The van der Waals surface area contributed by atoms with Crippen molar-refractivity contribution in [2.45, 2.75) is 26.2 Å². The first-order valence-electron chi connectivity index (χ1n) is 10.7. The molecule has 0 unspecified atom stereocenters. The van der Waals surface area contributed by atoms with Crippen LogP contribution in [0, 0.1) is 6.92 Å². The number of benzene rings is 2. The fraction of sp³-hybridized carbons (Fsp3) is 0.400. The molecule has 1 fully saturated rings. The highest BCUT2D eigenvalue weighted by Crippen LogP contribution is 2.11. The Morgan fingerprint density at radius 2 is 1.72 bits per heavy atom. The summed E-state index contributed by atoms with van der Waals surface area (Å²) in [5, 5.41) is 2.99. The van der Waals surface area contributed by atoms with E-state index in [9.17, 15) is 4.79 Å². The van der Waals surface area contributed by atoms with E-state index >= 15 is 0 Å². The molecule has 29 heavy (non-hydrogen) atoms. The van der Waals surface area contributed by atoms with E-state index in [1.165, 1.54) is 5.56 Å². The molecule has 0 radical (unpaired) electrons. The second kappa shape index (κ2) is 11.5. The molecule has 0 atom stereocenters. The minimum absolute atomic E-state index is 0.116. The van der Waals surface area contributed by atoms with Gasteiger partial charge in [0.2, 0.25) is 5.91 Å². The van der Waals surface area contributed by atoms with Gasteiger partial charge in [-0.2, -0.15) is 0 Å². The molecule has 1 aliphatic rings. The minimum Gasteiger partial charge on any atom is -0.326 e. The highest BCUT2D eigenvalue weighted by molar-refractivity contribution is 5.90. The average Bonchev–Trinajstić information content (AvgIpc) is 2.73. The summed E-state index contributed by atoms with van der Waals surface area (Å²) in [5.74, 6) is 0.116. The number of rotatable bonds is 9. The Hall–Kier alpha value is -2.43. The lowest BCUT2D eigenvalue weighted by Crippen LogP contribution is -2.46. The zero-order valence-electron chi connectivity index (χ0n) is 17.5. The summed E-state index contributed by atoms with van der Waals surface area (Å²) in [5.41, 5.74) is 3.32. The third-order valence-electron chi connectivity index (χ3n) is 5.37. The van der Waals surface area contributed by atoms with Crippen LogP contribution in [0.25, 0.3) is 6.08 Å². The van der Waals surface area contributed by atoms with Crippen molar-refractivity contribution in [2.75, 3.05) is 44.6 Å². The van der Waals surface area contributed by atoms with E-state index < -0.39 is 0 Å².